The van der Waals surface area contributed by atoms with E-state index in [1.807, 2.05) is 6.92 Å². The highest BCUT2D eigenvalue weighted by atomic mass is 35.5. The second kappa shape index (κ2) is 4.72. The van der Waals surface area contributed by atoms with E-state index in [1.54, 1.807) is 30.7 Å². The lowest BCUT2D eigenvalue weighted by atomic mass is 10.0. The lowest BCUT2D eigenvalue weighted by Gasteiger charge is -2.09. The van der Waals surface area contributed by atoms with Gasteiger partial charge < -0.3 is 14.1 Å². The van der Waals surface area contributed by atoms with Crippen molar-refractivity contribution in [2.75, 3.05) is 7.11 Å². The smallest absolute Gasteiger partial charge is 0.197 e. The maximum atomic E-state index is 12.6. The Morgan fingerprint density at radius 1 is 1.35 bits per heavy atom. The highest BCUT2D eigenvalue weighted by Crippen LogP contribution is 2.29. The number of rotatable bonds is 2. The molecular formula is C15H12ClNO3. The zero-order valence-corrected chi connectivity index (χ0v) is 11.7. The predicted octanol–water partition coefficient (Wildman–Crippen LogP) is 3.76. The summed E-state index contributed by atoms with van der Waals surface area (Å²) in [5.74, 6) is 0.533. The molecule has 20 heavy (non-hydrogen) atoms. The van der Waals surface area contributed by atoms with Gasteiger partial charge in [-0.25, -0.2) is 0 Å². The minimum absolute atomic E-state index is 0.0813. The number of aryl methyl sites for hydroxylation is 1. The van der Waals surface area contributed by atoms with Crippen LogP contribution >= 0.6 is 11.6 Å². The minimum atomic E-state index is -0.0813. The number of pyridine rings is 1. The number of halogens is 1. The molecule has 5 heteroatoms. The third kappa shape index (κ3) is 1.89. The Kier molecular flexibility index (Phi) is 3.03. The van der Waals surface area contributed by atoms with E-state index >= 15 is 0 Å². The van der Waals surface area contributed by atoms with Crippen molar-refractivity contribution in [3.05, 3.63) is 51.7 Å². The van der Waals surface area contributed by atoms with E-state index in [1.165, 1.54) is 7.11 Å². The van der Waals surface area contributed by atoms with Gasteiger partial charge in [0.05, 0.1) is 35.7 Å². The molecule has 0 aliphatic carbocycles. The maximum Gasteiger partial charge on any atom is 0.197 e. The van der Waals surface area contributed by atoms with Crippen LogP contribution in [0.1, 0.15) is 5.69 Å². The van der Waals surface area contributed by atoms with Crippen LogP contribution in [0.2, 0.25) is 5.02 Å². The number of aromatic amines is 1. The van der Waals surface area contributed by atoms with Crippen molar-refractivity contribution in [2.45, 2.75) is 6.92 Å². The molecular weight excluding hydrogens is 278 g/mol. The zero-order chi connectivity index (χ0) is 14.3. The van der Waals surface area contributed by atoms with Gasteiger partial charge in [-0.2, -0.15) is 0 Å². The van der Waals surface area contributed by atoms with E-state index in [0.717, 1.165) is 11.3 Å². The van der Waals surface area contributed by atoms with E-state index in [9.17, 15) is 4.79 Å². The van der Waals surface area contributed by atoms with E-state index in [2.05, 4.69) is 4.98 Å². The second-order valence-corrected chi connectivity index (χ2v) is 4.91. The Labute approximate surface area is 119 Å². The lowest BCUT2D eigenvalue weighted by Crippen LogP contribution is -2.09. The third-order valence-electron chi connectivity index (χ3n) is 3.27. The first kappa shape index (κ1) is 12.8. The topological polar surface area (TPSA) is 55.2 Å². The molecule has 0 unspecified atom stereocenters. The summed E-state index contributed by atoms with van der Waals surface area (Å²) < 4.78 is 10.2. The summed E-state index contributed by atoms with van der Waals surface area (Å²) in [6.07, 6.45) is 3.09. The standard InChI is InChI=1S/C15H12ClNO3/c1-8-14(9-3-4-20-7-9)15(18)10-5-11(16)13(19-2)6-12(10)17-8/h3-7H,1-2H3,(H,17,18). The van der Waals surface area contributed by atoms with Crippen molar-refractivity contribution >= 4 is 22.5 Å². The van der Waals surface area contributed by atoms with Crippen molar-refractivity contribution in [3.63, 3.8) is 0 Å². The maximum absolute atomic E-state index is 12.6. The summed E-state index contributed by atoms with van der Waals surface area (Å²) in [7, 11) is 1.54. The van der Waals surface area contributed by atoms with Crippen LogP contribution in [-0.4, -0.2) is 12.1 Å². The summed E-state index contributed by atoms with van der Waals surface area (Å²) in [5.41, 5.74) is 2.72. The molecule has 0 aliphatic rings. The Bertz CT molecular complexity index is 834. The van der Waals surface area contributed by atoms with E-state index in [0.29, 0.717) is 27.2 Å². The molecule has 0 saturated carbocycles. The van der Waals surface area contributed by atoms with Gasteiger partial charge >= 0.3 is 0 Å². The number of benzene rings is 1. The molecule has 0 bridgehead atoms. The van der Waals surface area contributed by atoms with Gasteiger partial charge in [0.15, 0.2) is 5.43 Å². The molecule has 3 rings (SSSR count). The van der Waals surface area contributed by atoms with Gasteiger partial charge in [0.1, 0.15) is 5.75 Å². The predicted molar refractivity (Wildman–Crippen MR) is 78.6 cm³/mol. The largest absolute Gasteiger partial charge is 0.495 e. The lowest BCUT2D eigenvalue weighted by molar-refractivity contribution is 0.415. The number of H-pyrrole nitrogens is 1. The number of ether oxygens (including phenoxy) is 1. The van der Waals surface area contributed by atoms with Crippen LogP contribution in [0.4, 0.5) is 0 Å². The fourth-order valence-electron chi connectivity index (χ4n) is 2.32. The van der Waals surface area contributed by atoms with Crippen molar-refractivity contribution in [1.82, 2.24) is 4.98 Å². The molecule has 0 radical (unpaired) electrons. The van der Waals surface area contributed by atoms with E-state index in [4.69, 9.17) is 20.8 Å². The average molecular weight is 290 g/mol. The number of fused-ring (bicyclic) bond motifs is 1. The van der Waals surface area contributed by atoms with Crippen LogP contribution in [-0.2, 0) is 0 Å². The van der Waals surface area contributed by atoms with Crippen LogP contribution in [0.15, 0.2) is 39.9 Å². The molecule has 0 fully saturated rings. The Hall–Kier alpha value is -2.20. The Morgan fingerprint density at radius 3 is 2.80 bits per heavy atom. The number of hydrogen-bond donors (Lipinski definition) is 1. The molecule has 0 amide bonds. The third-order valence-corrected chi connectivity index (χ3v) is 3.57. The van der Waals surface area contributed by atoms with Gasteiger partial charge in [-0.3, -0.25) is 4.79 Å². The zero-order valence-electron chi connectivity index (χ0n) is 11.0. The van der Waals surface area contributed by atoms with Crippen molar-refractivity contribution in [1.29, 1.82) is 0 Å². The molecule has 3 aromatic rings. The Morgan fingerprint density at radius 2 is 2.15 bits per heavy atom. The number of hydrogen-bond acceptors (Lipinski definition) is 3. The van der Waals surface area contributed by atoms with Crippen LogP contribution in [0.3, 0.4) is 0 Å². The highest BCUT2D eigenvalue weighted by molar-refractivity contribution is 6.32. The Balaban J connectivity index is 2.38. The monoisotopic (exact) mass is 289 g/mol. The van der Waals surface area contributed by atoms with Crippen LogP contribution in [0.25, 0.3) is 22.0 Å². The number of nitrogens with one attached hydrogen (secondary N) is 1. The summed E-state index contributed by atoms with van der Waals surface area (Å²) in [5, 5.41) is 0.935. The fraction of sp³-hybridized carbons (Fsp3) is 0.133. The van der Waals surface area contributed by atoms with Gasteiger partial charge in [0.25, 0.3) is 0 Å². The molecule has 2 heterocycles. The highest BCUT2D eigenvalue weighted by Gasteiger charge is 2.14. The molecule has 1 N–H and O–H groups in total. The minimum Gasteiger partial charge on any atom is -0.495 e. The number of aromatic nitrogens is 1. The number of furan rings is 1. The van der Waals surface area contributed by atoms with Gasteiger partial charge in [-0.05, 0) is 19.1 Å². The first-order chi connectivity index (χ1) is 9.61. The van der Waals surface area contributed by atoms with Crippen molar-refractivity contribution in [2.24, 2.45) is 0 Å². The molecule has 2 aromatic heterocycles. The number of methoxy groups -OCH3 is 1. The SMILES string of the molecule is COc1cc2[nH]c(C)c(-c3ccoc3)c(=O)c2cc1Cl. The molecule has 4 nitrogen and oxygen atoms in total. The molecule has 0 saturated heterocycles. The van der Waals surface area contributed by atoms with Crippen molar-refractivity contribution in [3.8, 4) is 16.9 Å². The first-order valence-corrected chi connectivity index (χ1v) is 6.42. The normalized spacial score (nSPS) is 10.9. The van der Waals surface area contributed by atoms with Gasteiger partial charge in [0.2, 0.25) is 0 Å². The summed E-state index contributed by atoms with van der Waals surface area (Å²) in [4.78, 5) is 15.8. The molecule has 0 aliphatic heterocycles. The van der Waals surface area contributed by atoms with Crippen LogP contribution in [0.5, 0.6) is 5.75 Å². The van der Waals surface area contributed by atoms with Crippen molar-refractivity contribution < 1.29 is 9.15 Å². The van der Waals surface area contributed by atoms with E-state index in [-0.39, 0.29) is 5.43 Å². The van der Waals surface area contributed by atoms with Crippen LogP contribution in [0, 0.1) is 6.92 Å². The second-order valence-electron chi connectivity index (χ2n) is 4.50. The molecule has 0 spiro atoms. The van der Waals surface area contributed by atoms with Gasteiger partial charge in [0, 0.05) is 22.7 Å². The average Bonchev–Trinajstić information content (AvgIpc) is 2.93. The summed E-state index contributed by atoms with van der Waals surface area (Å²) in [6.45, 7) is 1.85. The van der Waals surface area contributed by atoms with Crippen LogP contribution < -0.4 is 10.2 Å². The summed E-state index contributed by atoms with van der Waals surface area (Å²) in [6, 6.07) is 5.11. The van der Waals surface area contributed by atoms with E-state index < -0.39 is 0 Å². The molecule has 1 aromatic carbocycles. The fourth-order valence-corrected chi connectivity index (χ4v) is 2.57. The molecule has 0 atom stereocenters. The first-order valence-electron chi connectivity index (χ1n) is 6.04. The van der Waals surface area contributed by atoms with Gasteiger partial charge in [-0.15, -0.1) is 0 Å². The molecule has 102 valence electrons. The van der Waals surface area contributed by atoms with Gasteiger partial charge in [-0.1, -0.05) is 11.6 Å². The summed E-state index contributed by atoms with van der Waals surface area (Å²) >= 11 is 6.10. The quantitative estimate of drug-likeness (QED) is 0.781.